The molecule has 0 unspecified atom stereocenters. The van der Waals surface area contributed by atoms with Crippen LogP contribution in [0, 0.1) is 12.3 Å². The van der Waals surface area contributed by atoms with E-state index in [-0.39, 0.29) is 28.7 Å². The zero-order chi connectivity index (χ0) is 33.6. The van der Waals surface area contributed by atoms with Crippen molar-refractivity contribution < 1.29 is 22.7 Å². The lowest BCUT2D eigenvalue weighted by molar-refractivity contribution is -0.129. The quantitative estimate of drug-likeness (QED) is 0.179. The highest BCUT2D eigenvalue weighted by Crippen LogP contribution is 2.40. The van der Waals surface area contributed by atoms with Crippen molar-refractivity contribution in [3.05, 3.63) is 102 Å². The Hall–Kier alpha value is -2.62. The molecule has 3 atom stereocenters. The molecule has 0 aliphatic heterocycles. The van der Waals surface area contributed by atoms with Gasteiger partial charge in [-0.05, 0) is 61.2 Å². The number of carbonyl (C=O) groups excluding carboxylic acids is 1. The number of Topliss-reactive ketones (excluding diaryl/α,β-unsaturated/α-hetero) is 1. The summed E-state index contributed by atoms with van der Waals surface area (Å²) in [4.78, 5) is 13.5. The predicted molar refractivity (Wildman–Crippen MR) is 186 cm³/mol. The molecule has 0 aliphatic rings. The molecule has 0 amide bonds. The molecule has 3 aromatic carbocycles. The third-order valence-corrected chi connectivity index (χ3v) is 15.3. The molecule has 0 radical (unpaired) electrons. The van der Waals surface area contributed by atoms with Crippen molar-refractivity contribution in [1.29, 1.82) is 0 Å². The van der Waals surface area contributed by atoms with Crippen molar-refractivity contribution in [3.8, 4) is 0 Å². The van der Waals surface area contributed by atoms with E-state index in [2.05, 4.69) is 33.9 Å². The molecule has 45 heavy (non-hydrogen) atoms. The summed E-state index contributed by atoms with van der Waals surface area (Å²) >= 11 is 0. The van der Waals surface area contributed by atoms with Crippen LogP contribution in [0.25, 0.3) is 0 Å². The van der Waals surface area contributed by atoms with Crippen molar-refractivity contribution in [2.75, 3.05) is 0 Å². The van der Waals surface area contributed by atoms with Gasteiger partial charge < -0.3 is 9.53 Å². The lowest BCUT2D eigenvalue weighted by Crippen LogP contribution is -2.58. The van der Waals surface area contributed by atoms with Gasteiger partial charge in [-0.15, -0.1) is 0 Å². The predicted octanol–water partition coefficient (Wildman–Crippen LogP) is 7.94. The Morgan fingerprint density at radius 2 is 1.36 bits per heavy atom. The van der Waals surface area contributed by atoms with Crippen molar-refractivity contribution in [2.24, 2.45) is 5.41 Å². The van der Waals surface area contributed by atoms with Gasteiger partial charge >= 0.3 is 0 Å². The largest absolute Gasteiger partial charge is 0.412 e. The number of sulfonamides is 1. The van der Waals surface area contributed by atoms with Crippen LogP contribution >= 0.6 is 0 Å². The molecule has 0 heterocycles. The Morgan fingerprint density at radius 1 is 0.844 bits per heavy atom. The molecule has 0 bridgehead atoms. The topological polar surface area (TPSA) is 83.9 Å². The number of hydrogen-bond acceptors (Lipinski definition) is 5. The Morgan fingerprint density at radius 3 is 1.84 bits per heavy atom. The van der Waals surface area contributed by atoms with Crippen LogP contribution < -0.4 is 0 Å². The van der Waals surface area contributed by atoms with Gasteiger partial charge in [-0.1, -0.05) is 120 Å². The summed E-state index contributed by atoms with van der Waals surface area (Å²) in [5, 5.41) is 11.9. The minimum Gasteiger partial charge on any atom is -0.412 e. The van der Waals surface area contributed by atoms with Gasteiger partial charge in [-0.3, -0.25) is 4.79 Å². The molecule has 0 saturated heterocycles. The molecule has 0 aromatic heterocycles. The molecule has 3 rings (SSSR count). The molecular weight excluding hydrogens is 599 g/mol. The minimum atomic E-state index is -4.15. The van der Waals surface area contributed by atoms with E-state index in [0.29, 0.717) is 12.8 Å². The summed E-state index contributed by atoms with van der Waals surface area (Å²) in [6.07, 6.45) is -1.08. The number of aliphatic hydroxyl groups is 1. The minimum absolute atomic E-state index is 0.0190. The molecule has 3 aromatic rings. The van der Waals surface area contributed by atoms with Crippen LogP contribution in [0.1, 0.15) is 71.1 Å². The van der Waals surface area contributed by atoms with Gasteiger partial charge in [0.2, 0.25) is 10.0 Å². The van der Waals surface area contributed by atoms with E-state index in [1.54, 1.807) is 24.3 Å². The zero-order valence-electron chi connectivity index (χ0n) is 28.6. The number of aryl methyl sites for hydroxylation is 2. The van der Waals surface area contributed by atoms with E-state index in [0.717, 1.165) is 16.7 Å². The fraction of sp³-hybridized carbons (Fsp3) is 0.486. The average Bonchev–Trinajstić information content (AvgIpc) is 2.95. The van der Waals surface area contributed by atoms with E-state index in [1.807, 2.05) is 88.4 Å². The monoisotopic (exact) mass is 651 g/mol. The first-order chi connectivity index (χ1) is 20.8. The summed E-state index contributed by atoms with van der Waals surface area (Å²) in [7, 11) is -6.65. The third kappa shape index (κ3) is 9.93. The van der Waals surface area contributed by atoms with E-state index < -0.39 is 42.0 Å². The Balaban J connectivity index is 2.26. The summed E-state index contributed by atoms with van der Waals surface area (Å²) in [5.74, 6) is -0.137. The van der Waals surface area contributed by atoms with E-state index in [9.17, 15) is 18.3 Å². The van der Waals surface area contributed by atoms with Crippen LogP contribution in [-0.2, 0) is 32.2 Å². The lowest BCUT2D eigenvalue weighted by Gasteiger charge is -2.45. The summed E-state index contributed by atoms with van der Waals surface area (Å²) in [5.41, 5.74) is 2.11. The maximum atomic E-state index is 14.7. The van der Waals surface area contributed by atoms with Crippen molar-refractivity contribution in [3.63, 3.8) is 0 Å². The van der Waals surface area contributed by atoms with E-state index in [1.165, 1.54) is 4.31 Å². The Labute approximate surface area is 273 Å². The molecule has 0 fully saturated rings. The fourth-order valence-corrected chi connectivity index (χ4v) is 8.04. The zero-order valence-corrected chi connectivity index (χ0v) is 30.4. The highest BCUT2D eigenvalue weighted by molar-refractivity contribution is 7.89. The SMILES string of the molecule is Cc1ccc(S(=O)(=O)N(Cc2ccccc2)[C@H]([C@H](O)CC(=O)C(C)(C)C)[C@H](CCc2ccccc2)O[Si](C)(C)C(C)(C)C)cc1. The van der Waals surface area contributed by atoms with Gasteiger partial charge in [0, 0.05) is 18.4 Å². The highest BCUT2D eigenvalue weighted by Gasteiger charge is 2.47. The third-order valence-electron chi connectivity index (χ3n) is 8.96. The Bertz CT molecular complexity index is 1480. The number of carbonyl (C=O) groups is 1. The average molecular weight is 652 g/mol. The smallest absolute Gasteiger partial charge is 0.243 e. The van der Waals surface area contributed by atoms with Gasteiger partial charge in [0.1, 0.15) is 5.78 Å². The number of nitrogens with zero attached hydrogens (tertiary/aromatic N) is 1. The Kier molecular flexibility index (Phi) is 12.2. The second-order valence-electron chi connectivity index (χ2n) is 14.7. The normalized spacial score (nSPS) is 15.1. The number of benzene rings is 3. The van der Waals surface area contributed by atoms with Crippen LogP contribution in [0.2, 0.25) is 18.1 Å². The first-order valence-corrected chi connectivity index (χ1v) is 20.2. The summed E-state index contributed by atoms with van der Waals surface area (Å²) in [6.45, 7) is 18.1. The maximum Gasteiger partial charge on any atom is 0.243 e. The molecule has 1 N–H and O–H groups in total. The lowest BCUT2D eigenvalue weighted by atomic mass is 9.85. The maximum absolute atomic E-state index is 14.7. The van der Waals surface area contributed by atoms with Crippen molar-refractivity contribution >= 4 is 24.1 Å². The van der Waals surface area contributed by atoms with Gasteiger partial charge in [0.25, 0.3) is 0 Å². The molecule has 246 valence electrons. The number of ketones is 1. The van der Waals surface area contributed by atoms with Crippen LogP contribution in [0.5, 0.6) is 0 Å². The molecule has 6 nitrogen and oxygen atoms in total. The van der Waals surface area contributed by atoms with Gasteiger partial charge in [-0.2, -0.15) is 4.31 Å². The number of aliphatic hydroxyl groups excluding tert-OH is 1. The van der Waals surface area contributed by atoms with Crippen molar-refractivity contribution in [2.45, 2.75) is 116 Å². The second-order valence-corrected chi connectivity index (χ2v) is 21.4. The molecule has 0 spiro atoms. The molecule has 0 saturated carbocycles. The van der Waals surface area contributed by atoms with Gasteiger partial charge in [0.05, 0.1) is 23.1 Å². The molecular formula is C37H53NO5SSi. The fourth-order valence-electron chi connectivity index (χ4n) is 5.01. The first kappa shape index (κ1) is 36.8. The summed E-state index contributed by atoms with van der Waals surface area (Å²) in [6, 6.07) is 25.2. The van der Waals surface area contributed by atoms with Crippen LogP contribution in [0.3, 0.4) is 0 Å². The standard InChI is InChI=1S/C37H53NO5SSi/c1-28-20-23-31(24-21-28)44(41,42)38(27-30-18-14-11-15-19-30)35(32(39)26-34(40)36(2,3)4)33(43-45(8,9)37(5,6)7)25-22-29-16-12-10-13-17-29/h10-21,23-24,32-33,35,39H,22,25-27H2,1-9H3/t32-,33+,35-/m1/s1. The van der Waals surface area contributed by atoms with Crippen LogP contribution in [0.15, 0.2) is 89.8 Å². The van der Waals surface area contributed by atoms with E-state index >= 15 is 0 Å². The highest BCUT2D eigenvalue weighted by atomic mass is 32.2. The summed E-state index contributed by atoms with van der Waals surface area (Å²) < 4.78 is 37.9. The number of hydrogen-bond donors (Lipinski definition) is 1. The first-order valence-electron chi connectivity index (χ1n) is 15.9. The van der Waals surface area contributed by atoms with Crippen LogP contribution in [0.4, 0.5) is 0 Å². The second kappa shape index (κ2) is 14.9. The van der Waals surface area contributed by atoms with E-state index in [4.69, 9.17) is 4.43 Å². The van der Waals surface area contributed by atoms with Gasteiger partial charge in [0.15, 0.2) is 8.32 Å². The van der Waals surface area contributed by atoms with Crippen LogP contribution in [-0.4, -0.2) is 50.2 Å². The molecule has 0 aliphatic carbocycles. The van der Waals surface area contributed by atoms with Crippen molar-refractivity contribution in [1.82, 2.24) is 4.31 Å². The number of rotatable bonds is 14. The van der Waals surface area contributed by atoms with Gasteiger partial charge in [-0.25, -0.2) is 8.42 Å². The molecule has 8 heteroatoms.